The van der Waals surface area contributed by atoms with Crippen LogP contribution in [0.2, 0.25) is 0 Å². The lowest BCUT2D eigenvalue weighted by atomic mass is 9.96. The zero-order chi connectivity index (χ0) is 82.4. The van der Waals surface area contributed by atoms with Crippen LogP contribution in [0.25, 0.3) is 230 Å². The van der Waals surface area contributed by atoms with Gasteiger partial charge < -0.3 is 9.13 Å². The predicted molar refractivity (Wildman–Crippen MR) is 494 cm³/mol. The summed E-state index contributed by atoms with van der Waals surface area (Å²) in [4.78, 5) is 73.1. The molecule has 7 heterocycles. The molecule has 22 aromatic rings. The third-order valence-corrected chi connectivity index (χ3v) is 22.3. The highest BCUT2D eigenvalue weighted by atomic mass is 15.1. The first-order chi connectivity index (χ1) is 61.4. The molecule has 16 nitrogen and oxygen atoms in total. The number of nitrogens with zero attached hydrogens (tertiary/aromatic N) is 16. The first-order valence-corrected chi connectivity index (χ1v) is 40.7. The van der Waals surface area contributed by atoms with E-state index in [4.69, 9.17) is 64.8 Å². The first-order valence-electron chi connectivity index (χ1n) is 40.7. The van der Waals surface area contributed by atoms with E-state index in [-0.39, 0.29) is 0 Å². The van der Waals surface area contributed by atoms with Gasteiger partial charge in [-0.3, -0.25) is 0 Å². The monoisotopic (exact) mass is 1590 g/mol. The SMILES string of the molecule is [C-]#[N+]c1cc(-n2c3ccc(-c4nc(-c5ccccc5)nc(-c5ccccc5)n4)cc3c3cc(-c4nc(-c5ccccc5)nc(-c5ccccc5)n4)ccc32)c(-c2cc(-c3ccccc3)nc(-c3ccccc3)c2)c(-n2c3ccc(-c4nc(-c5ccccc5)nc(-c5ccccc5)n4)cc3c3cc(-c4nc(-c5ccccc5)nc(-c5ccccc5)n4)ccc32)c1. The molecule has 15 aromatic carbocycles. The van der Waals surface area contributed by atoms with Crippen molar-refractivity contribution < 1.29 is 0 Å². The van der Waals surface area contributed by atoms with Crippen LogP contribution in [0, 0.1) is 6.57 Å². The van der Waals surface area contributed by atoms with Gasteiger partial charge in [0.2, 0.25) is 0 Å². The molecule has 0 aliphatic heterocycles. The zero-order valence-corrected chi connectivity index (χ0v) is 66.3. The number of pyridine rings is 1. The lowest BCUT2D eigenvalue weighted by Crippen LogP contribution is -2.05. The van der Waals surface area contributed by atoms with Gasteiger partial charge in [-0.25, -0.2) is 69.6 Å². The van der Waals surface area contributed by atoms with Gasteiger partial charge in [0.1, 0.15) is 0 Å². The molecule has 0 saturated carbocycles. The summed E-state index contributed by atoms with van der Waals surface area (Å²) in [6, 6.07) is 135. The average Bonchev–Trinajstić information content (AvgIpc) is 1.54. The lowest BCUT2D eigenvalue weighted by molar-refractivity contribution is 1.07. The second-order valence-electron chi connectivity index (χ2n) is 30.1. The Morgan fingerprint density at radius 2 is 0.355 bits per heavy atom. The smallest absolute Gasteiger partial charge is 0.191 e. The average molecular weight is 1590 g/mol. The van der Waals surface area contributed by atoms with Crippen molar-refractivity contribution in [3.63, 3.8) is 0 Å². The minimum Gasteiger partial charge on any atom is -0.310 e. The van der Waals surface area contributed by atoms with Gasteiger partial charge in [-0.15, -0.1) is 0 Å². The molecule has 0 N–H and O–H groups in total. The molecule has 0 aliphatic carbocycles. The van der Waals surface area contributed by atoms with Crippen LogP contribution in [0.5, 0.6) is 0 Å². The number of hydrogen-bond donors (Lipinski definition) is 0. The standard InChI is InChI=1S/C108H66N16/c1-109-83-66-94(123-90-56-52-78(105-115-97(70-36-16-4-17-37-70)111-98(116-105)71-38-18-5-19-39-71)60-84(90)85-61-79(53-57-91(85)123)106-117-99(72-40-20-6-21-41-72)112-100(118-106)73-42-22-7-23-43-73)96(82-64-88(68-32-12-2-13-33-68)110-89(65-82)69-34-14-3-15-35-69)95(67-83)124-92-58-54-80(107-119-101(74-44-24-8-25-45-74)113-102(120-107)75-46-26-9-27-47-75)62-86(92)87-63-81(55-59-93(87)124)108-121-103(76-48-28-10-29-49-76)114-104(122-108)77-50-30-11-31-51-77/h2-67H. The highest BCUT2D eigenvalue weighted by Crippen LogP contribution is 2.48. The van der Waals surface area contributed by atoms with E-state index in [2.05, 4.69) is 123 Å². The Kier molecular flexibility index (Phi) is 18.5. The lowest BCUT2D eigenvalue weighted by Gasteiger charge is -2.22. The van der Waals surface area contributed by atoms with Crippen LogP contribution < -0.4 is 0 Å². The van der Waals surface area contributed by atoms with Crippen LogP contribution in [0.4, 0.5) is 5.69 Å². The molecule has 0 spiro atoms. The Bertz CT molecular complexity index is 6820. The Balaban J connectivity index is 0.849. The van der Waals surface area contributed by atoms with Gasteiger partial charge in [0.25, 0.3) is 0 Å². The van der Waals surface area contributed by atoms with E-state index in [1.807, 2.05) is 291 Å². The number of hydrogen-bond acceptors (Lipinski definition) is 13. The summed E-state index contributed by atoms with van der Waals surface area (Å²) in [5.41, 5.74) is 19.7. The second-order valence-corrected chi connectivity index (χ2v) is 30.1. The minimum atomic E-state index is 0.374. The predicted octanol–water partition coefficient (Wildman–Crippen LogP) is 25.6. The molecule has 0 amide bonds. The van der Waals surface area contributed by atoms with Crippen molar-refractivity contribution in [2.24, 2.45) is 0 Å². The third kappa shape index (κ3) is 13.9. The largest absolute Gasteiger partial charge is 0.310 e. The highest BCUT2D eigenvalue weighted by molar-refractivity contribution is 6.15. The van der Waals surface area contributed by atoms with Gasteiger partial charge in [-0.1, -0.05) is 303 Å². The topological polar surface area (TPSA) is 182 Å². The Hall–Kier alpha value is -17.4. The van der Waals surface area contributed by atoms with E-state index in [9.17, 15) is 6.57 Å². The van der Waals surface area contributed by atoms with E-state index in [1.165, 1.54) is 0 Å². The van der Waals surface area contributed by atoms with Crippen molar-refractivity contribution >= 4 is 49.3 Å². The molecule has 22 rings (SSSR count). The summed E-state index contributed by atoms with van der Waals surface area (Å²) < 4.78 is 4.61. The highest BCUT2D eigenvalue weighted by Gasteiger charge is 2.28. The Morgan fingerprint density at radius 1 is 0.169 bits per heavy atom. The summed E-state index contributed by atoms with van der Waals surface area (Å²) >= 11 is 0. The van der Waals surface area contributed by atoms with E-state index in [0.29, 0.717) is 87.0 Å². The van der Waals surface area contributed by atoms with Crippen molar-refractivity contribution in [1.82, 2.24) is 73.9 Å². The normalized spacial score (nSPS) is 11.4. The van der Waals surface area contributed by atoms with Gasteiger partial charge in [0.15, 0.2) is 75.6 Å². The van der Waals surface area contributed by atoms with Crippen molar-refractivity contribution in [3.05, 3.63) is 412 Å². The maximum atomic E-state index is 9.46. The van der Waals surface area contributed by atoms with Crippen molar-refractivity contribution in [3.8, 4) is 182 Å². The third-order valence-electron chi connectivity index (χ3n) is 22.3. The molecule has 0 radical (unpaired) electrons. The van der Waals surface area contributed by atoms with E-state index in [1.54, 1.807) is 0 Å². The van der Waals surface area contributed by atoms with Crippen molar-refractivity contribution in [2.75, 3.05) is 0 Å². The fourth-order valence-corrected chi connectivity index (χ4v) is 16.4. The van der Waals surface area contributed by atoms with Gasteiger partial charge in [0, 0.05) is 116 Å². The van der Waals surface area contributed by atoms with Gasteiger partial charge in [-0.2, -0.15) is 0 Å². The van der Waals surface area contributed by atoms with Crippen LogP contribution in [-0.2, 0) is 0 Å². The van der Waals surface area contributed by atoms with Gasteiger partial charge in [0.05, 0.1) is 40.0 Å². The molecule has 0 unspecified atom stereocenters. The summed E-state index contributed by atoms with van der Waals surface area (Å²) in [5.74, 6) is 6.14. The number of rotatable bonds is 17. The molecule has 0 aliphatic rings. The molecule has 0 atom stereocenters. The van der Waals surface area contributed by atoms with Crippen molar-refractivity contribution in [2.45, 2.75) is 0 Å². The number of aromatic nitrogens is 15. The quantitative estimate of drug-likeness (QED) is 0.0786. The molecule has 0 fully saturated rings. The molecule has 0 bridgehead atoms. The Labute approximate surface area is 712 Å². The van der Waals surface area contributed by atoms with Crippen LogP contribution in [0.1, 0.15) is 0 Å². The van der Waals surface area contributed by atoms with Crippen molar-refractivity contribution in [1.29, 1.82) is 0 Å². The zero-order valence-electron chi connectivity index (χ0n) is 66.3. The van der Waals surface area contributed by atoms with E-state index in [0.717, 1.165) is 144 Å². The maximum absolute atomic E-state index is 9.46. The minimum absolute atomic E-state index is 0.374. The van der Waals surface area contributed by atoms with Gasteiger partial charge >= 0.3 is 0 Å². The molecule has 16 heteroatoms. The fraction of sp³-hybridized carbons (Fsp3) is 0. The fourth-order valence-electron chi connectivity index (χ4n) is 16.4. The van der Waals surface area contributed by atoms with E-state index >= 15 is 0 Å². The molecule has 578 valence electrons. The maximum Gasteiger partial charge on any atom is 0.191 e. The molecular weight excluding hydrogens is 1520 g/mol. The van der Waals surface area contributed by atoms with Crippen LogP contribution in [-0.4, -0.2) is 73.9 Å². The summed E-state index contributed by atoms with van der Waals surface area (Å²) in [7, 11) is 0. The van der Waals surface area contributed by atoms with E-state index < -0.39 is 0 Å². The Morgan fingerprint density at radius 3 is 0.548 bits per heavy atom. The molecule has 7 aromatic heterocycles. The number of benzene rings is 15. The molecule has 124 heavy (non-hydrogen) atoms. The van der Waals surface area contributed by atoms with Crippen LogP contribution in [0.15, 0.2) is 400 Å². The first kappa shape index (κ1) is 73.0. The molecular formula is C108H66N16. The van der Waals surface area contributed by atoms with Crippen LogP contribution >= 0.6 is 0 Å². The summed E-state index contributed by atoms with van der Waals surface area (Å²) in [5, 5.41) is 3.42. The van der Waals surface area contributed by atoms with Gasteiger partial charge in [-0.05, 0) is 103 Å². The summed E-state index contributed by atoms with van der Waals surface area (Å²) in [6.07, 6.45) is 0. The summed E-state index contributed by atoms with van der Waals surface area (Å²) in [6.45, 7) is 9.46. The second kappa shape index (κ2) is 31.5. The van der Waals surface area contributed by atoms with Crippen LogP contribution in [0.3, 0.4) is 0 Å². The number of fused-ring (bicyclic) bond motifs is 6. The molecule has 0 saturated heterocycles.